The molecule has 1 aromatic heterocycles. The molecule has 0 fully saturated rings. The lowest BCUT2D eigenvalue weighted by Gasteiger charge is -2.15. The van der Waals surface area contributed by atoms with E-state index in [4.69, 9.17) is 4.42 Å². The molecule has 1 unspecified atom stereocenters. The molecular weight excluding hydrogens is 444 g/mol. The first kappa shape index (κ1) is 20.6. The minimum absolute atomic E-state index is 0.206. The lowest BCUT2D eigenvalue weighted by Crippen LogP contribution is -1.90. The Morgan fingerprint density at radius 3 is 2.00 bits per heavy atom. The largest absolute Gasteiger partial charge is 0.459 e. The van der Waals surface area contributed by atoms with Crippen molar-refractivity contribution in [3.05, 3.63) is 114 Å². The number of benzene rings is 5. The Balaban J connectivity index is 1.51. The van der Waals surface area contributed by atoms with Gasteiger partial charge < -0.3 is 4.42 Å². The molecule has 0 saturated carbocycles. The molecule has 1 aliphatic carbocycles. The van der Waals surface area contributed by atoms with Crippen molar-refractivity contribution < 1.29 is 4.42 Å². The van der Waals surface area contributed by atoms with E-state index in [2.05, 4.69) is 123 Å². The molecule has 0 radical (unpaired) electrons. The average Bonchev–Trinajstić information content (AvgIpc) is 3.09. The lowest BCUT2D eigenvalue weighted by atomic mass is 9.89. The van der Waals surface area contributed by atoms with E-state index in [1.165, 1.54) is 54.6 Å². The number of rotatable bonds is 3. The van der Waals surface area contributed by atoms with Crippen LogP contribution in [0.1, 0.15) is 29.1 Å². The van der Waals surface area contributed by atoms with Gasteiger partial charge in [0.05, 0.1) is 0 Å². The molecule has 35 heavy (non-hydrogen) atoms. The molecule has 1 heterocycles. The van der Waals surface area contributed by atoms with Crippen molar-refractivity contribution in [1.29, 1.82) is 0 Å². The van der Waals surface area contributed by atoms with Crippen LogP contribution in [0.2, 0.25) is 0 Å². The number of hydrogen-bond donors (Lipinski definition) is 1. The zero-order valence-corrected chi connectivity index (χ0v) is 20.3. The maximum atomic E-state index is 6.62. The van der Waals surface area contributed by atoms with E-state index >= 15 is 0 Å². The monoisotopic (exact) mass is 468 g/mol. The van der Waals surface area contributed by atoms with E-state index in [1.54, 1.807) is 0 Å². The number of thiol groups is 1. The van der Waals surface area contributed by atoms with E-state index in [1.807, 2.05) is 0 Å². The first-order chi connectivity index (χ1) is 17.2. The Hall–Kier alpha value is -3.75. The van der Waals surface area contributed by atoms with Crippen LogP contribution in [0.3, 0.4) is 0 Å². The van der Waals surface area contributed by atoms with Crippen molar-refractivity contribution in [3.63, 3.8) is 0 Å². The van der Waals surface area contributed by atoms with Crippen LogP contribution in [0.4, 0.5) is 0 Å². The van der Waals surface area contributed by atoms with Crippen LogP contribution >= 0.6 is 12.6 Å². The van der Waals surface area contributed by atoms with Crippen LogP contribution in [0, 0.1) is 0 Å². The van der Waals surface area contributed by atoms with E-state index in [0.29, 0.717) is 0 Å². The van der Waals surface area contributed by atoms with Gasteiger partial charge in [-0.1, -0.05) is 78.9 Å². The Kier molecular flexibility index (Phi) is 4.65. The Morgan fingerprint density at radius 1 is 0.743 bits per heavy atom. The number of furan rings is 1. The third kappa shape index (κ3) is 3.25. The molecule has 0 saturated heterocycles. The molecule has 0 bridgehead atoms. The minimum atomic E-state index is 0.206. The van der Waals surface area contributed by atoms with Crippen LogP contribution in [0.5, 0.6) is 0 Å². The summed E-state index contributed by atoms with van der Waals surface area (Å²) < 4.78 is 6.62. The van der Waals surface area contributed by atoms with Crippen LogP contribution in [-0.2, 0) is 6.42 Å². The quantitative estimate of drug-likeness (QED) is 0.201. The van der Waals surface area contributed by atoms with Gasteiger partial charge in [-0.2, -0.15) is 12.6 Å². The highest BCUT2D eigenvalue weighted by Gasteiger charge is 2.22. The number of fused-ring (bicyclic) bond motifs is 1. The third-order valence-electron chi connectivity index (χ3n) is 7.20. The molecule has 1 aliphatic rings. The highest BCUT2D eigenvalue weighted by molar-refractivity contribution is 7.80. The fraction of sp³-hybridized carbons (Fsp3) is 0.0909. The van der Waals surface area contributed by atoms with Gasteiger partial charge in [0.1, 0.15) is 11.5 Å². The van der Waals surface area contributed by atoms with Gasteiger partial charge in [-0.05, 0) is 74.6 Å². The Bertz CT molecular complexity index is 1720. The van der Waals surface area contributed by atoms with Crippen LogP contribution in [0.25, 0.3) is 60.8 Å². The predicted octanol–water partition coefficient (Wildman–Crippen LogP) is 9.63. The van der Waals surface area contributed by atoms with Gasteiger partial charge in [0, 0.05) is 28.4 Å². The van der Waals surface area contributed by atoms with Gasteiger partial charge in [-0.25, -0.2) is 0 Å². The van der Waals surface area contributed by atoms with Crippen molar-refractivity contribution >= 4 is 51.0 Å². The first-order valence-electron chi connectivity index (χ1n) is 12.1. The number of allylic oxidation sites excluding steroid dienone is 3. The summed E-state index contributed by atoms with van der Waals surface area (Å²) in [5.74, 6) is 1.96. The van der Waals surface area contributed by atoms with E-state index in [9.17, 15) is 0 Å². The standard InChI is InChI=1S/C33H24OS/c1-20(35)26-16-22-12-14-24-18-27(19-25-15-13-23(17-26)30(22)31(24)25)33-32(21-8-4-2-5-9-21)28-10-6-3-7-11-29(28)34-33/h2-10,12-20,35H,11H2,1H3. The number of hydrogen-bond acceptors (Lipinski definition) is 2. The van der Waals surface area contributed by atoms with Gasteiger partial charge in [0.2, 0.25) is 0 Å². The third-order valence-corrected chi connectivity index (χ3v) is 7.50. The summed E-state index contributed by atoms with van der Waals surface area (Å²) in [5, 5.41) is 7.88. The lowest BCUT2D eigenvalue weighted by molar-refractivity contribution is 0.536. The predicted molar refractivity (Wildman–Crippen MR) is 153 cm³/mol. The molecule has 0 aliphatic heterocycles. The van der Waals surface area contributed by atoms with E-state index in [-0.39, 0.29) is 5.25 Å². The fourth-order valence-corrected chi connectivity index (χ4v) is 5.70. The van der Waals surface area contributed by atoms with Gasteiger partial charge >= 0.3 is 0 Å². The van der Waals surface area contributed by atoms with E-state index < -0.39 is 0 Å². The van der Waals surface area contributed by atoms with Crippen molar-refractivity contribution in [2.75, 3.05) is 0 Å². The average molecular weight is 469 g/mol. The molecule has 5 aromatic carbocycles. The van der Waals surface area contributed by atoms with Crippen LogP contribution in [0.15, 0.2) is 102 Å². The summed E-state index contributed by atoms with van der Waals surface area (Å²) in [5.41, 5.74) is 5.89. The zero-order chi connectivity index (χ0) is 23.5. The van der Waals surface area contributed by atoms with Gasteiger partial charge in [0.15, 0.2) is 0 Å². The Labute approximate surface area is 210 Å². The fourth-order valence-electron chi connectivity index (χ4n) is 5.55. The smallest absolute Gasteiger partial charge is 0.142 e. The molecule has 1 atom stereocenters. The second-order valence-corrected chi connectivity index (χ2v) is 10.2. The van der Waals surface area contributed by atoms with Crippen molar-refractivity contribution in [2.24, 2.45) is 0 Å². The van der Waals surface area contributed by atoms with E-state index in [0.717, 1.165) is 23.5 Å². The van der Waals surface area contributed by atoms with Crippen molar-refractivity contribution in [3.8, 4) is 22.5 Å². The molecule has 0 spiro atoms. The Morgan fingerprint density at radius 2 is 1.37 bits per heavy atom. The van der Waals surface area contributed by atoms with Crippen LogP contribution in [-0.4, -0.2) is 0 Å². The maximum absolute atomic E-state index is 6.62. The minimum Gasteiger partial charge on any atom is -0.459 e. The van der Waals surface area contributed by atoms with Crippen LogP contribution < -0.4 is 0 Å². The van der Waals surface area contributed by atoms with Gasteiger partial charge in [0.25, 0.3) is 0 Å². The van der Waals surface area contributed by atoms with Gasteiger partial charge in [-0.3, -0.25) is 0 Å². The maximum Gasteiger partial charge on any atom is 0.142 e. The van der Waals surface area contributed by atoms with Crippen molar-refractivity contribution in [1.82, 2.24) is 0 Å². The molecule has 0 N–H and O–H groups in total. The topological polar surface area (TPSA) is 13.1 Å². The molecular formula is C33H24OS. The summed E-state index contributed by atoms with van der Waals surface area (Å²) in [4.78, 5) is 0. The summed E-state index contributed by atoms with van der Waals surface area (Å²) in [6.07, 6.45) is 9.34. The molecule has 6 aromatic rings. The SMILES string of the molecule is CC(S)c1cc2ccc3cc(-c4oc5c(c4-c4ccccc4)C=CC=CC5)cc4ccc(c1)c2c34. The summed E-state index contributed by atoms with van der Waals surface area (Å²) in [6, 6.07) is 28.7. The summed E-state index contributed by atoms with van der Waals surface area (Å²) in [7, 11) is 0. The molecule has 0 amide bonds. The molecule has 7 rings (SSSR count). The second-order valence-electron chi connectivity index (χ2n) is 9.45. The first-order valence-corrected chi connectivity index (χ1v) is 12.6. The summed E-state index contributed by atoms with van der Waals surface area (Å²) >= 11 is 4.68. The van der Waals surface area contributed by atoms with Gasteiger partial charge in [-0.15, -0.1) is 0 Å². The van der Waals surface area contributed by atoms with Crippen molar-refractivity contribution in [2.45, 2.75) is 18.6 Å². The molecule has 2 heteroatoms. The second kappa shape index (κ2) is 7.90. The highest BCUT2D eigenvalue weighted by Crippen LogP contribution is 2.44. The highest BCUT2D eigenvalue weighted by atomic mass is 32.1. The molecule has 1 nitrogen and oxygen atoms in total. The zero-order valence-electron chi connectivity index (χ0n) is 19.5. The summed E-state index contributed by atoms with van der Waals surface area (Å²) in [6.45, 7) is 2.13. The normalized spacial score (nSPS) is 14.1. The molecule has 168 valence electrons.